The van der Waals surface area contributed by atoms with Gasteiger partial charge in [0.2, 0.25) is 0 Å². The molecule has 0 spiro atoms. The van der Waals surface area contributed by atoms with Crippen LogP contribution in [-0.2, 0) is 13.5 Å². The lowest BCUT2D eigenvalue weighted by atomic mass is 10.1. The van der Waals surface area contributed by atoms with E-state index in [4.69, 9.17) is 5.73 Å². The van der Waals surface area contributed by atoms with Crippen LogP contribution < -0.4 is 5.73 Å². The Labute approximate surface area is 119 Å². The number of nitrogens with zero attached hydrogens (tertiary/aromatic N) is 3. The molecule has 0 saturated carbocycles. The van der Waals surface area contributed by atoms with Crippen LogP contribution in [0.2, 0.25) is 0 Å². The first-order valence-corrected chi connectivity index (χ1v) is 7.25. The van der Waals surface area contributed by atoms with E-state index in [-0.39, 0.29) is 0 Å². The summed E-state index contributed by atoms with van der Waals surface area (Å²) in [6, 6.07) is 6.23. The summed E-state index contributed by atoms with van der Waals surface area (Å²) >= 11 is 5.11. The number of hydrogen-bond donors (Lipinski definition) is 1. The Morgan fingerprint density at radius 2 is 2.17 bits per heavy atom. The third kappa shape index (κ3) is 2.93. The SMILES string of the molecule is Cc1nnc(Sc2ccc(Br)cc2CCN)n1C. The molecule has 2 rings (SSSR count). The number of aryl methyl sites for hydroxylation is 1. The highest BCUT2D eigenvalue weighted by atomic mass is 79.9. The molecule has 18 heavy (non-hydrogen) atoms. The minimum Gasteiger partial charge on any atom is -0.330 e. The van der Waals surface area contributed by atoms with Gasteiger partial charge in [0.05, 0.1) is 0 Å². The summed E-state index contributed by atoms with van der Waals surface area (Å²) in [5, 5.41) is 9.13. The zero-order chi connectivity index (χ0) is 13.1. The normalized spacial score (nSPS) is 10.9. The van der Waals surface area contributed by atoms with Gasteiger partial charge in [-0.3, -0.25) is 0 Å². The molecule has 0 saturated heterocycles. The van der Waals surface area contributed by atoms with Crippen LogP contribution in [0, 0.1) is 6.92 Å². The highest BCUT2D eigenvalue weighted by Gasteiger charge is 2.10. The molecule has 0 atom stereocenters. The molecule has 6 heteroatoms. The quantitative estimate of drug-likeness (QED) is 0.938. The Kier molecular flexibility index (Phi) is 4.42. The molecule has 0 radical (unpaired) electrons. The predicted molar refractivity (Wildman–Crippen MR) is 76.8 cm³/mol. The van der Waals surface area contributed by atoms with E-state index in [1.807, 2.05) is 24.6 Å². The van der Waals surface area contributed by atoms with E-state index in [2.05, 4.69) is 38.3 Å². The number of halogens is 1. The van der Waals surface area contributed by atoms with Crippen LogP contribution >= 0.6 is 27.7 Å². The molecule has 2 N–H and O–H groups in total. The van der Waals surface area contributed by atoms with E-state index in [0.29, 0.717) is 6.54 Å². The van der Waals surface area contributed by atoms with Crippen LogP contribution in [-0.4, -0.2) is 21.3 Å². The first kappa shape index (κ1) is 13.6. The van der Waals surface area contributed by atoms with E-state index in [0.717, 1.165) is 21.9 Å². The Balaban J connectivity index is 2.31. The standard InChI is InChI=1S/C12H15BrN4S/c1-8-15-16-12(17(8)2)18-11-4-3-10(13)7-9(11)5-6-14/h3-4,7H,5-6,14H2,1-2H3. The van der Waals surface area contributed by atoms with Crippen LogP contribution in [0.15, 0.2) is 32.7 Å². The third-order valence-corrected chi connectivity index (χ3v) is 4.34. The van der Waals surface area contributed by atoms with E-state index in [1.54, 1.807) is 11.8 Å². The predicted octanol–water partition coefficient (Wildman–Crippen LogP) is 2.54. The lowest BCUT2D eigenvalue weighted by Crippen LogP contribution is -2.04. The van der Waals surface area contributed by atoms with Crippen LogP contribution in [0.1, 0.15) is 11.4 Å². The molecule has 1 aromatic heterocycles. The molecule has 1 heterocycles. The fourth-order valence-electron chi connectivity index (χ4n) is 1.57. The summed E-state index contributed by atoms with van der Waals surface area (Å²) in [7, 11) is 1.97. The number of benzene rings is 1. The van der Waals surface area contributed by atoms with Gasteiger partial charge in [-0.05, 0) is 55.4 Å². The summed E-state index contributed by atoms with van der Waals surface area (Å²) in [6.07, 6.45) is 0.860. The zero-order valence-corrected chi connectivity index (χ0v) is 12.8. The van der Waals surface area contributed by atoms with Gasteiger partial charge in [0.15, 0.2) is 5.16 Å². The summed E-state index contributed by atoms with van der Waals surface area (Å²) in [5.74, 6) is 0.912. The van der Waals surface area contributed by atoms with Crippen LogP contribution in [0.5, 0.6) is 0 Å². The maximum Gasteiger partial charge on any atom is 0.195 e. The molecule has 0 unspecified atom stereocenters. The Bertz CT molecular complexity index is 553. The second-order valence-corrected chi connectivity index (χ2v) is 5.91. The first-order valence-electron chi connectivity index (χ1n) is 5.64. The van der Waals surface area contributed by atoms with Crippen molar-refractivity contribution in [3.63, 3.8) is 0 Å². The molecule has 0 aliphatic carbocycles. The molecule has 1 aromatic carbocycles. The van der Waals surface area contributed by atoms with Gasteiger partial charge in [-0.1, -0.05) is 15.9 Å². The van der Waals surface area contributed by atoms with Gasteiger partial charge in [-0.25, -0.2) is 0 Å². The Morgan fingerprint density at radius 3 is 2.78 bits per heavy atom. The monoisotopic (exact) mass is 326 g/mol. The number of aromatic nitrogens is 3. The van der Waals surface area contributed by atoms with Crippen molar-refractivity contribution in [1.82, 2.24) is 14.8 Å². The average molecular weight is 327 g/mol. The molecular formula is C12H15BrN4S. The molecule has 4 nitrogen and oxygen atoms in total. The average Bonchev–Trinajstić information content (AvgIpc) is 2.65. The first-order chi connectivity index (χ1) is 8.61. The number of rotatable bonds is 4. The van der Waals surface area contributed by atoms with Gasteiger partial charge in [-0.2, -0.15) is 0 Å². The van der Waals surface area contributed by atoms with Gasteiger partial charge in [0, 0.05) is 16.4 Å². The van der Waals surface area contributed by atoms with Gasteiger partial charge in [-0.15, -0.1) is 10.2 Å². The summed E-state index contributed by atoms with van der Waals surface area (Å²) in [6.45, 7) is 2.58. The minimum absolute atomic E-state index is 0.641. The Hall–Kier alpha value is -0.850. The van der Waals surface area contributed by atoms with E-state index in [1.165, 1.54) is 10.5 Å². The van der Waals surface area contributed by atoms with E-state index < -0.39 is 0 Å². The fourth-order valence-corrected chi connectivity index (χ4v) is 2.96. The fraction of sp³-hybridized carbons (Fsp3) is 0.333. The van der Waals surface area contributed by atoms with E-state index >= 15 is 0 Å². The number of nitrogens with two attached hydrogens (primary N) is 1. The lowest BCUT2D eigenvalue weighted by Gasteiger charge is -2.08. The van der Waals surface area contributed by atoms with Crippen LogP contribution in [0.25, 0.3) is 0 Å². The maximum absolute atomic E-state index is 5.65. The Morgan fingerprint density at radius 1 is 1.39 bits per heavy atom. The largest absolute Gasteiger partial charge is 0.330 e. The van der Waals surface area contributed by atoms with Crippen molar-refractivity contribution in [2.75, 3.05) is 6.54 Å². The van der Waals surface area contributed by atoms with Crippen molar-refractivity contribution < 1.29 is 0 Å². The van der Waals surface area contributed by atoms with Crippen molar-refractivity contribution in [2.24, 2.45) is 12.8 Å². The molecular weight excluding hydrogens is 312 g/mol. The van der Waals surface area contributed by atoms with Crippen molar-refractivity contribution in [3.05, 3.63) is 34.1 Å². The highest BCUT2D eigenvalue weighted by Crippen LogP contribution is 2.31. The lowest BCUT2D eigenvalue weighted by molar-refractivity contribution is 0.765. The van der Waals surface area contributed by atoms with Gasteiger partial charge >= 0.3 is 0 Å². The van der Waals surface area contributed by atoms with Crippen molar-refractivity contribution in [3.8, 4) is 0 Å². The van der Waals surface area contributed by atoms with E-state index in [9.17, 15) is 0 Å². The van der Waals surface area contributed by atoms with Gasteiger partial charge in [0.1, 0.15) is 5.82 Å². The summed E-state index contributed by atoms with van der Waals surface area (Å²) in [4.78, 5) is 1.18. The van der Waals surface area contributed by atoms with Crippen LogP contribution in [0.4, 0.5) is 0 Å². The molecule has 0 amide bonds. The van der Waals surface area contributed by atoms with Gasteiger partial charge in [0.25, 0.3) is 0 Å². The highest BCUT2D eigenvalue weighted by molar-refractivity contribution is 9.10. The molecule has 0 fully saturated rings. The molecule has 96 valence electrons. The molecule has 0 aliphatic rings. The van der Waals surface area contributed by atoms with Crippen molar-refractivity contribution >= 4 is 27.7 Å². The van der Waals surface area contributed by atoms with Gasteiger partial charge < -0.3 is 10.3 Å². The third-order valence-electron chi connectivity index (χ3n) is 2.69. The summed E-state index contributed by atoms with van der Waals surface area (Å²) < 4.78 is 3.06. The second-order valence-electron chi connectivity index (χ2n) is 3.98. The second kappa shape index (κ2) is 5.86. The maximum atomic E-state index is 5.65. The molecule has 2 aromatic rings. The molecule has 0 bridgehead atoms. The summed E-state index contributed by atoms with van der Waals surface area (Å²) in [5.41, 5.74) is 6.88. The topological polar surface area (TPSA) is 56.7 Å². The smallest absolute Gasteiger partial charge is 0.195 e. The number of hydrogen-bond acceptors (Lipinski definition) is 4. The van der Waals surface area contributed by atoms with Crippen molar-refractivity contribution in [2.45, 2.75) is 23.4 Å². The van der Waals surface area contributed by atoms with Crippen molar-refractivity contribution in [1.29, 1.82) is 0 Å². The zero-order valence-electron chi connectivity index (χ0n) is 10.4. The van der Waals surface area contributed by atoms with Crippen LogP contribution in [0.3, 0.4) is 0 Å². The molecule has 0 aliphatic heterocycles. The minimum atomic E-state index is 0.641.